The van der Waals surface area contributed by atoms with Gasteiger partial charge in [0.15, 0.2) is 11.5 Å². The van der Waals surface area contributed by atoms with Crippen molar-refractivity contribution in [3.8, 4) is 23.0 Å². The molecule has 2 aliphatic heterocycles. The molecular weight excluding hydrogens is 556 g/mol. The van der Waals surface area contributed by atoms with Gasteiger partial charge in [-0.25, -0.2) is 4.79 Å². The molecule has 6 rings (SSSR count). The SMILES string of the molecule is COc1ccc2c3c([nH]c2c1)C1CC2C(CC(OC(=O)c4cc(OC)c(OC)c(OC)c4)C(O)C2OC(C)=O)CN1CC3. The highest BCUT2D eigenvalue weighted by molar-refractivity contribution is 5.91. The molecule has 2 aromatic carbocycles. The molecule has 6 atom stereocenters. The minimum Gasteiger partial charge on any atom is -0.497 e. The number of methoxy groups -OCH3 is 4. The zero-order valence-corrected chi connectivity index (χ0v) is 25.0. The van der Waals surface area contributed by atoms with Gasteiger partial charge < -0.3 is 38.5 Å². The van der Waals surface area contributed by atoms with Gasteiger partial charge in [0.2, 0.25) is 5.75 Å². The normalized spacial score (nSPS) is 26.5. The molecule has 230 valence electrons. The van der Waals surface area contributed by atoms with Gasteiger partial charge in [-0.1, -0.05) is 0 Å². The lowest BCUT2D eigenvalue weighted by atomic mass is 9.67. The molecule has 0 bridgehead atoms. The summed E-state index contributed by atoms with van der Waals surface area (Å²) in [5, 5.41) is 12.7. The number of aromatic nitrogens is 1. The van der Waals surface area contributed by atoms with Crippen LogP contribution < -0.4 is 18.9 Å². The summed E-state index contributed by atoms with van der Waals surface area (Å²) in [4.78, 5) is 31.7. The molecule has 1 aromatic heterocycles. The topological polar surface area (TPSA) is 129 Å². The largest absolute Gasteiger partial charge is 0.497 e. The molecule has 3 aromatic rings. The van der Waals surface area contributed by atoms with Crippen molar-refractivity contribution in [3.63, 3.8) is 0 Å². The highest BCUT2D eigenvalue weighted by Crippen LogP contribution is 2.49. The Hall–Kier alpha value is -3.96. The average molecular weight is 595 g/mol. The number of esters is 2. The van der Waals surface area contributed by atoms with Crippen LogP contribution in [0, 0.1) is 11.8 Å². The number of aliphatic hydroxyl groups excluding tert-OH is 1. The Kier molecular flexibility index (Phi) is 7.87. The third-order valence-electron chi connectivity index (χ3n) is 9.27. The average Bonchev–Trinajstić information content (AvgIpc) is 3.39. The van der Waals surface area contributed by atoms with E-state index in [1.165, 1.54) is 57.0 Å². The van der Waals surface area contributed by atoms with Crippen LogP contribution in [0.2, 0.25) is 0 Å². The van der Waals surface area contributed by atoms with Crippen LogP contribution in [0.15, 0.2) is 30.3 Å². The molecule has 3 aliphatic rings. The summed E-state index contributed by atoms with van der Waals surface area (Å²) in [6.07, 6.45) is -0.812. The van der Waals surface area contributed by atoms with Gasteiger partial charge in [0.25, 0.3) is 0 Å². The monoisotopic (exact) mass is 594 g/mol. The summed E-state index contributed by atoms with van der Waals surface area (Å²) in [5.41, 5.74) is 3.69. The highest BCUT2D eigenvalue weighted by atomic mass is 16.6. The Morgan fingerprint density at radius 2 is 1.70 bits per heavy atom. The molecule has 11 heteroatoms. The molecule has 0 amide bonds. The van der Waals surface area contributed by atoms with Gasteiger partial charge in [-0.05, 0) is 55.0 Å². The van der Waals surface area contributed by atoms with E-state index in [4.69, 9.17) is 28.4 Å². The Labute approximate surface area is 249 Å². The number of rotatable bonds is 7. The van der Waals surface area contributed by atoms with Gasteiger partial charge in [0.05, 0.1) is 40.0 Å². The second-order valence-corrected chi connectivity index (χ2v) is 11.5. The quantitative estimate of drug-likeness (QED) is 0.391. The number of aliphatic hydroxyl groups is 1. The maximum atomic E-state index is 13.4. The van der Waals surface area contributed by atoms with E-state index in [1.807, 2.05) is 12.1 Å². The van der Waals surface area contributed by atoms with Crippen molar-refractivity contribution in [3.05, 3.63) is 47.2 Å². The molecular formula is C32H38N2O9. The minimum absolute atomic E-state index is 0.0489. The number of ether oxygens (including phenoxy) is 6. The van der Waals surface area contributed by atoms with Gasteiger partial charge >= 0.3 is 11.9 Å². The number of carbonyl (C=O) groups excluding carboxylic acids is 2. The van der Waals surface area contributed by atoms with Crippen molar-refractivity contribution in [2.24, 2.45) is 11.8 Å². The lowest BCUT2D eigenvalue weighted by Crippen LogP contribution is -2.59. The van der Waals surface area contributed by atoms with Crippen molar-refractivity contribution >= 4 is 22.8 Å². The van der Waals surface area contributed by atoms with Crippen molar-refractivity contribution in [1.29, 1.82) is 0 Å². The van der Waals surface area contributed by atoms with Gasteiger partial charge in [0, 0.05) is 48.6 Å². The Balaban J connectivity index is 1.26. The predicted octanol–water partition coefficient (Wildman–Crippen LogP) is 3.66. The predicted molar refractivity (Wildman–Crippen MR) is 156 cm³/mol. The summed E-state index contributed by atoms with van der Waals surface area (Å²) < 4.78 is 33.2. The maximum absolute atomic E-state index is 13.4. The molecule has 0 radical (unpaired) electrons. The molecule has 1 saturated heterocycles. The van der Waals surface area contributed by atoms with E-state index < -0.39 is 30.3 Å². The minimum atomic E-state index is -1.18. The fourth-order valence-corrected chi connectivity index (χ4v) is 7.33. The molecule has 1 aliphatic carbocycles. The van der Waals surface area contributed by atoms with Crippen LogP contribution >= 0.6 is 0 Å². The second kappa shape index (κ2) is 11.6. The first-order valence-corrected chi connectivity index (χ1v) is 14.5. The van der Waals surface area contributed by atoms with Crippen molar-refractivity contribution in [2.75, 3.05) is 41.5 Å². The standard InChI is InChI=1S/C32H38N2O9/c1-16(35)42-30-22-14-24-28-21(20-7-6-19(38-2)13-23(20)33-28)8-9-34(24)15-18(22)12-25(29(30)36)43-32(37)17-10-26(39-3)31(41-5)27(11-17)40-4/h6-7,10-11,13,18,22,24-25,29-30,33,36H,8-9,12,14-15H2,1-5H3. The third kappa shape index (κ3) is 5.14. The first-order chi connectivity index (χ1) is 20.8. The van der Waals surface area contributed by atoms with Gasteiger partial charge in [-0.2, -0.15) is 0 Å². The number of benzene rings is 2. The number of piperidine rings is 1. The van der Waals surface area contributed by atoms with Crippen LogP contribution in [0.4, 0.5) is 0 Å². The molecule has 1 saturated carbocycles. The summed E-state index contributed by atoms with van der Waals surface area (Å²) in [7, 11) is 6.07. The fourth-order valence-electron chi connectivity index (χ4n) is 7.33. The number of nitrogens with zero attached hydrogens (tertiary/aromatic N) is 1. The maximum Gasteiger partial charge on any atom is 0.338 e. The molecule has 6 unspecified atom stereocenters. The highest BCUT2D eigenvalue weighted by Gasteiger charge is 2.52. The van der Waals surface area contributed by atoms with E-state index in [-0.39, 0.29) is 23.4 Å². The molecule has 3 heterocycles. The van der Waals surface area contributed by atoms with E-state index in [9.17, 15) is 14.7 Å². The van der Waals surface area contributed by atoms with Crippen LogP contribution in [0.25, 0.3) is 10.9 Å². The van der Waals surface area contributed by atoms with Crippen molar-refractivity contribution in [2.45, 2.75) is 50.5 Å². The van der Waals surface area contributed by atoms with Crippen LogP contribution in [0.1, 0.15) is 47.4 Å². The van der Waals surface area contributed by atoms with Crippen LogP contribution in [0.5, 0.6) is 23.0 Å². The first kappa shape index (κ1) is 29.1. The molecule has 0 spiro atoms. The lowest BCUT2D eigenvalue weighted by molar-refractivity contribution is -0.186. The number of aromatic amines is 1. The van der Waals surface area contributed by atoms with Crippen molar-refractivity contribution in [1.82, 2.24) is 9.88 Å². The Morgan fingerprint density at radius 1 is 0.953 bits per heavy atom. The number of hydrogen-bond donors (Lipinski definition) is 2. The number of fused-ring (bicyclic) bond motifs is 6. The van der Waals surface area contributed by atoms with E-state index in [1.54, 1.807) is 7.11 Å². The smallest absolute Gasteiger partial charge is 0.338 e. The van der Waals surface area contributed by atoms with E-state index >= 15 is 0 Å². The fraction of sp³-hybridized carbons (Fsp3) is 0.500. The molecule has 2 fully saturated rings. The van der Waals surface area contributed by atoms with Gasteiger partial charge in [0.1, 0.15) is 24.1 Å². The van der Waals surface area contributed by atoms with E-state index in [0.29, 0.717) is 30.1 Å². The Morgan fingerprint density at radius 3 is 2.35 bits per heavy atom. The number of H-pyrrole nitrogens is 1. The zero-order valence-electron chi connectivity index (χ0n) is 25.0. The molecule has 2 N–H and O–H groups in total. The molecule has 11 nitrogen and oxygen atoms in total. The van der Waals surface area contributed by atoms with Gasteiger partial charge in [-0.3, -0.25) is 9.69 Å². The number of carbonyl (C=O) groups is 2. The summed E-state index contributed by atoms with van der Waals surface area (Å²) in [6, 6.07) is 9.21. The Bertz CT molecular complexity index is 1510. The van der Waals surface area contributed by atoms with Crippen LogP contribution in [-0.2, 0) is 20.7 Å². The lowest BCUT2D eigenvalue weighted by Gasteiger charge is -2.52. The summed E-state index contributed by atoms with van der Waals surface area (Å²) in [5.74, 6) is 0.590. The second-order valence-electron chi connectivity index (χ2n) is 11.5. The zero-order chi connectivity index (χ0) is 30.4. The number of hydrogen-bond acceptors (Lipinski definition) is 10. The summed E-state index contributed by atoms with van der Waals surface area (Å²) in [6.45, 7) is 2.96. The third-order valence-corrected chi connectivity index (χ3v) is 9.27. The van der Waals surface area contributed by atoms with Crippen LogP contribution in [0.3, 0.4) is 0 Å². The van der Waals surface area contributed by atoms with Crippen molar-refractivity contribution < 1.29 is 43.1 Å². The van der Waals surface area contributed by atoms with Gasteiger partial charge in [-0.15, -0.1) is 0 Å². The van der Waals surface area contributed by atoms with Crippen LogP contribution in [-0.4, -0.2) is 86.8 Å². The molecule has 43 heavy (non-hydrogen) atoms. The van der Waals surface area contributed by atoms with E-state index in [2.05, 4.69) is 16.0 Å². The van der Waals surface area contributed by atoms with E-state index in [0.717, 1.165) is 30.8 Å². The first-order valence-electron chi connectivity index (χ1n) is 14.5. The number of nitrogens with one attached hydrogen (secondary N) is 1. The summed E-state index contributed by atoms with van der Waals surface area (Å²) >= 11 is 0.